The first-order valence-corrected chi connectivity index (χ1v) is 13.0. The Balaban J connectivity index is 1.95. The summed E-state index contributed by atoms with van der Waals surface area (Å²) >= 11 is 6.63. The lowest BCUT2D eigenvalue weighted by atomic mass is 9.52. The van der Waals surface area contributed by atoms with E-state index in [1.165, 1.54) is 19.0 Å². The lowest BCUT2D eigenvalue weighted by Crippen LogP contribution is -2.74. The number of aliphatic hydroxyl groups is 1. The zero-order valence-electron chi connectivity index (χ0n) is 22.0. The molecule has 39 heavy (non-hydrogen) atoms. The number of carbonyl (C=O) groups excluding carboxylic acids is 6. The normalized spacial score (nSPS) is 30.0. The van der Waals surface area contributed by atoms with Gasteiger partial charge in [-0.25, -0.2) is 0 Å². The van der Waals surface area contributed by atoms with Gasteiger partial charge in [0.15, 0.2) is 40.4 Å². The van der Waals surface area contributed by atoms with Gasteiger partial charge < -0.3 is 26.2 Å². The number of fused-ring (bicyclic) bond motifs is 3. The summed E-state index contributed by atoms with van der Waals surface area (Å²) in [5.41, 5.74) is 2.85. The molecular formula is C26H31ClN4O8. The van der Waals surface area contributed by atoms with E-state index in [1.807, 2.05) is 18.7 Å². The monoisotopic (exact) mass is 562 g/mol. The number of nitrogens with two attached hydrogens (primary N) is 1. The summed E-state index contributed by atoms with van der Waals surface area (Å²) in [4.78, 5) is 81.1. The van der Waals surface area contributed by atoms with E-state index in [9.17, 15) is 39.0 Å². The minimum atomic E-state index is -2.81. The number of likely N-dealkylation sites (N-methyl/N-ethyl adjacent to an activating group) is 1. The summed E-state index contributed by atoms with van der Waals surface area (Å²) in [5.74, 6) is -11.6. The van der Waals surface area contributed by atoms with Crippen molar-refractivity contribution >= 4 is 58.4 Å². The number of anilines is 2. The van der Waals surface area contributed by atoms with E-state index in [4.69, 9.17) is 17.3 Å². The van der Waals surface area contributed by atoms with Crippen molar-refractivity contribution in [3.05, 3.63) is 16.1 Å². The quantitative estimate of drug-likeness (QED) is 0.199. The molecule has 1 aromatic rings. The Morgan fingerprint density at radius 1 is 1.18 bits per heavy atom. The van der Waals surface area contributed by atoms with Crippen LogP contribution in [0.5, 0.6) is 5.75 Å². The first-order chi connectivity index (χ1) is 18.3. The number of hydrogen-bond donors (Lipinski definition) is 4. The SMILES string of the molecule is CCN(CC)c1c(Cl)c(NC=O)c(O)c2c1CC1CC3[C@H](N(C)C)C(=O)C(C(N)=O)C(=O)[C@@]3(O)C(=O)C1C2=O. The minimum Gasteiger partial charge on any atom is -0.505 e. The van der Waals surface area contributed by atoms with Gasteiger partial charge in [0.05, 0.1) is 28.2 Å². The maximum absolute atomic E-state index is 14.0. The molecule has 2 fully saturated rings. The van der Waals surface area contributed by atoms with Gasteiger partial charge in [-0.05, 0) is 52.3 Å². The van der Waals surface area contributed by atoms with Crippen LogP contribution in [0, 0.1) is 23.7 Å². The van der Waals surface area contributed by atoms with Crippen molar-refractivity contribution in [2.75, 3.05) is 37.4 Å². The van der Waals surface area contributed by atoms with Crippen molar-refractivity contribution in [3.63, 3.8) is 0 Å². The number of nitrogens with one attached hydrogen (secondary N) is 1. The largest absolute Gasteiger partial charge is 0.505 e. The molecule has 2 saturated carbocycles. The number of primary amides is 1. The molecule has 2 amide bonds. The zero-order valence-corrected chi connectivity index (χ0v) is 22.7. The third-order valence-corrected chi connectivity index (χ3v) is 8.79. The maximum Gasteiger partial charge on any atom is 0.235 e. The summed E-state index contributed by atoms with van der Waals surface area (Å²) in [5, 5.41) is 25.1. The number of amides is 2. The molecule has 6 atom stereocenters. The second kappa shape index (κ2) is 10.00. The number of carbonyl (C=O) groups is 6. The van der Waals surface area contributed by atoms with Gasteiger partial charge in [-0.15, -0.1) is 0 Å². The number of benzene rings is 1. The molecule has 0 bridgehead atoms. The topological polar surface area (TPSA) is 187 Å². The average Bonchev–Trinajstić information content (AvgIpc) is 2.86. The van der Waals surface area contributed by atoms with Gasteiger partial charge in [-0.3, -0.25) is 33.7 Å². The Labute approximate surface area is 229 Å². The van der Waals surface area contributed by atoms with Crippen LogP contribution in [0.2, 0.25) is 5.02 Å². The van der Waals surface area contributed by atoms with Gasteiger partial charge in [0, 0.05) is 19.0 Å². The van der Waals surface area contributed by atoms with Gasteiger partial charge in [-0.2, -0.15) is 0 Å². The van der Waals surface area contributed by atoms with Crippen LogP contribution < -0.4 is 16.0 Å². The molecule has 0 aromatic heterocycles. The van der Waals surface area contributed by atoms with E-state index in [0.29, 0.717) is 24.3 Å². The van der Waals surface area contributed by atoms with Crippen LogP contribution in [-0.4, -0.2) is 89.4 Å². The molecule has 3 aliphatic carbocycles. The molecular weight excluding hydrogens is 532 g/mol. The number of rotatable bonds is 7. The van der Waals surface area contributed by atoms with Crippen LogP contribution >= 0.6 is 11.6 Å². The fourth-order valence-corrected chi connectivity index (χ4v) is 7.13. The minimum absolute atomic E-state index is 0.0189. The van der Waals surface area contributed by atoms with E-state index in [1.54, 1.807) is 0 Å². The third kappa shape index (κ3) is 3.87. The number of nitrogens with zero attached hydrogens (tertiary/aromatic N) is 2. The fraction of sp³-hybridized carbons (Fsp3) is 0.538. The number of hydrogen-bond acceptors (Lipinski definition) is 10. The smallest absolute Gasteiger partial charge is 0.235 e. The molecule has 0 saturated heterocycles. The van der Waals surface area contributed by atoms with Crippen molar-refractivity contribution in [3.8, 4) is 5.75 Å². The molecule has 12 nitrogen and oxygen atoms in total. The number of phenolic OH excluding ortho intramolecular Hbond substituents is 1. The fourth-order valence-electron chi connectivity index (χ4n) is 6.75. The predicted octanol–water partition coefficient (Wildman–Crippen LogP) is -0.0651. The van der Waals surface area contributed by atoms with Crippen LogP contribution in [0.3, 0.4) is 0 Å². The Kier molecular flexibility index (Phi) is 7.34. The van der Waals surface area contributed by atoms with E-state index in [-0.39, 0.29) is 35.5 Å². The highest BCUT2D eigenvalue weighted by Crippen LogP contribution is 2.54. The van der Waals surface area contributed by atoms with Gasteiger partial charge in [0.25, 0.3) is 0 Å². The molecule has 0 heterocycles. The summed E-state index contributed by atoms with van der Waals surface area (Å²) in [6, 6.07) is -1.19. The summed E-state index contributed by atoms with van der Waals surface area (Å²) < 4.78 is 0. The number of phenols is 1. The Morgan fingerprint density at radius 2 is 1.79 bits per heavy atom. The highest BCUT2D eigenvalue weighted by molar-refractivity contribution is 6.38. The van der Waals surface area contributed by atoms with E-state index >= 15 is 0 Å². The summed E-state index contributed by atoms with van der Waals surface area (Å²) in [7, 11) is 3.04. The van der Waals surface area contributed by atoms with Crippen LogP contribution in [0.15, 0.2) is 0 Å². The highest BCUT2D eigenvalue weighted by atomic mass is 35.5. The molecule has 5 N–H and O–H groups in total. The van der Waals surface area contributed by atoms with Crippen molar-refractivity contribution in [2.45, 2.75) is 38.3 Å². The van der Waals surface area contributed by atoms with Crippen molar-refractivity contribution in [1.82, 2.24) is 4.90 Å². The van der Waals surface area contributed by atoms with E-state index < -0.39 is 70.1 Å². The van der Waals surface area contributed by atoms with Crippen molar-refractivity contribution < 1.29 is 39.0 Å². The van der Waals surface area contributed by atoms with Crippen LogP contribution in [0.4, 0.5) is 11.4 Å². The molecule has 4 rings (SSSR count). The van der Waals surface area contributed by atoms with Crippen LogP contribution in [0.25, 0.3) is 0 Å². The van der Waals surface area contributed by atoms with Gasteiger partial charge in [0.2, 0.25) is 12.3 Å². The van der Waals surface area contributed by atoms with Crippen LogP contribution in [0.1, 0.15) is 36.2 Å². The first kappa shape index (κ1) is 28.7. The third-order valence-electron chi connectivity index (χ3n) is 8.43. The Morgan fingerprint density at radius 3 is 2.31 bits per heavy atom. The second-order valence-electron chi connectivity index (χ2n) is 10.5. The summed E-state index contributed by atoms with van der Waals surface area (Å²) in [6.07, 6.45) is 0.276. The number of ketones is 4. The van der Waals surface area contributed by atoms with Gasteiger partial charge >= 0.3 is 0 Å². The van der Waals surface area contributed by atoms with Gasteiger partial charge in [-0.1, -0.05) is 11.6 Å². The summed E-state index contributed by atoms with van der Waals surface area (Å²) in [6.45, 7) is 4.66. The lowest BCUT2D eigenvalue weighted by molar-refractivity contribution is -0.181. The highest BCUT2D eigenvalue weighted by Gasteiger charge is 2.69. The zero-order chi connectivity index (χ0) is 29.1. The average molecular weight is 563 g/mol. The number of Topliss-reactive ketones (excluding diaryl/α,β-unsaturated/α-hetero) is 4. The molecule has 1 aromatic carbocycles. The first-order valence-electron chi connectivity index (χ1n) is 12.7. The van der Waals surface area contributed by atoms with Gasteiger partial charge in [0.1, 0.15) is 5.69 Å². The molecule has 0 radical (unpaired) electrons. The second-order valence-corrected chi connectivity index (χ2v) is 10.8. The number of halogens is 1. The molecule has 13 heteroatoms. The molecule has 210 valence electrons. The molecule has 0 spiro atoms. The Hall–Kier alpha value is -3.35. The lowest BCUT2D eigenvalue weighted by Gasteiger charge is -2.52. The van der Waals surface area contributed by atoms with E-state index in [0.717, 1.165) is 0 Å². The van der Waals surface area contributed by atoms with Crippen LogP contribution in [-0.2, 0) is 30.4 Å². The van der Waals surface area contributed by atoms with Crippen molar-refractivity contribution in [2.24, 2.45) is 29.4 Å². The molecule has 4 unspecified atom stereocenters. The maximum atomic E-state index is 14.0. The predicted molar refractivity (Wildman–Crippen MR) is 140 cm³/mol. The standard InChI is InChI=1S/C26H31ClN4O8/c1-5-31(6-2)18-11-7-10-8-12-19(30(3)4)22(35)15(25(28)38)24(37)26(12,39)23(36)13(10)20(33)14(11)21(34)17(16(18)27)29-9-32/h9-10,12-13,15,19,34,39H,5-8H2,1-4H3,(H2,28,38)(H,29,32)/t10?,12?,13?,15?,19-,26-/m0/s1. The van der Waals surface area contributed by atoms with E-state index in [2.05, 4.69) is 5.32 Å². The van der Waals surface area contributed by atoms with Crippen molar-refractivity contribution in [1.29, 1.82) is 0 Å². The number of aromatic hydroxyl groups is 1. The molecule has 3 aliphatic rings. The Bertz CT molecular complexity index is 1310. The molecule has 0 aliphatic heterocycles.